The molecule has 2 aromatic heterocycles. The Morgan fingerprint density at radius 2 is 1.89 bits per heavy atom. The van der Waals surface area contributed by atoms with Crippen molar-refractivity contribution in [1.82, 2.24) is 15.0 Å². The number of H-pyrrole nitrogens is 2. The zero-order chi connectivity index (χ0) is 12.9. The van der Waals surface area contributed by atoms with Gasteiger partial charge in [0.1, 0.15) is 11.5 Å². The Morgan fingerprint density at radius 3 is 2.56 bits per heavy atom. The third-order valence-corrected chi connectivity index (χ3v) is 3.37. The molecule has 0 saturated heterocycles. The zero-order valence-electron chi connectivity index (χ0n) is 10.8. The van der Waals surface area contributed by atoms with Crippen LogP contribution in [0.5, 0.6) is 0 Å². The lowest BCUT2D eigenvalue weighted by Crippen LogP contribution is -1.88. The van der Waals surface area contributed by atoms with Crippen LogP contribution < -0.4 is 5.73 Å². The molecule has 0 atom stereocenters. The number of rotatable bonds is 1. The molecule has 0 bridgehead atoms. The van der Waals surface area contributed by atoms with Gasteiger partial charge in [-0.2, -0.15) is 0 Å². The number of nitrogens with one attached hydrogen (secondary N) is 2. The number of aryl methyl sites for hydroxylation is 3. The maximum atomic E-state index is 5.93. The van der Waals surface area contributed by atoms with Gasteiger partial charge >= 0.3 is 0 Å². The predicted octanol–water partition coefficient (Wildman–Crippen LogP) is 3.07. The molecule has 0 aliphatic heterocycles. The molecule has 0 aliphatic carbocycles. The number of imidazole rings is 1. The number of nitrogens with two attached hydrogens (primary N) is 1. The van der Waals surface area contributed by atoms with E-state index in [1.165, 1.54) is 0 Å². The first kappa shape index (κ1) is 10.9. The summed E-state index contributed by atoms with van der Waals surface area (Å²) in [7, 11) is 0. The van der Waals surface area contributed by atoms with Crippen LogP contribution in [0, 0.1) is 20.8 Å². The number of nitrogen functional groups attached to an aromatic ring is 1. The molecule has 3 rings (SSSR count). The molecule has 0 saturated carbocycles. The average Bonchev–Trinajstić information content (AvgIpc) is 2.87. The smallest absolute Gasteiger partial charge is 0.108 e. The predicted molar refractivity (Wildman–Crippen MR) is 74.5 cm³/mol. The largest absolute Gasteiger partial charge is 0.398 e. The fourth-order valence-corrected chi connectivity index (χ4v) is 2.37. The summed E-state index contributed by atoms with van der Waals surface area (Å²) < 4.78 is 0. The topological polar surface area (TPSA) is 70.5 Å². The molecule has 0 spiro atoms. The van der Waals surface area contributed by atoms with Gasteiger partial charge in [0, 0.05) is 22.3 Å². The lowest BCUT2D eigenvalue weighted by Gasteiger charge is -1.99. The van der Waals surface area contributed by atoms with Crippen LogP contribution in [0.2, 0.25) is 0 Å². The van der Waals surface area contributed by atoms with Crippen molar-refractivity contribution in [3.63, 3.8) is 0 Å². The van der Waals surface area contributed by atoms with Gasteiger partial charge in [-0.05, 0) is 44.5 Å². The molecule has 0 aliphatic rings. The number of benzene rings is 1. The fourth-order valence-electron chi connectivity index (χ4n) is 2.37. The van der Waals surface area contributed by atoms with Crippen LogP contribution in [0.15, 0.2) is 18.2 Å². The van der Waals surface area contributed by atoms with Crippen LogP contribution in [0.4, 0.5) is 5.69 Å². The average molecular weight is 240 g/mol. The highest BCUT2D eigenvalue weighted by molar-refractivity contribution is 5.91. The molecule has 18 heavy (non-hydrogen) atoms. The van der Waals surface area contributed by atoms with Crippen LogP contribution in [0.25, 0.3) is 22.3 Å². The quantitative estimate of drug-likeness (QED) is 0.572. The van der Waals surface area contributed by atoms with E-state index in [2.05, 4.69) is 21.0 Å². The molecule has 3 aromatic rings. The standard InChI is InChI=1S/C14H16N4/c1-7-10-6-13(14-8(2)16-9(3)17-14)18-12(10)5-4-11(7)15/h4-6,18H,15H2,1-3H3,(H,16,17). The van der Waals surface area contributed by atoms with E-state index < -0.39 is 0 Å². The van der Waals surface area contributed by atoms with Gasteiger partial charge in [-0.25, -0.2) is 4.98 Å². The van der Waals surface area contributed by atoms with Crippen molar-refractivity contribution in [2.75, 3.05) is 5.73 Å². The van der Waals surface area contributed by atoms with Crippen molar-refractivity contribution < 1.29 is 0 Å². The minimum atomic E-state index is 0.822. The number of hydrogen-bond acceptors (Lipinski definition) is 2. The van der Waals surface area contributed by atoms with Crippen molar-refractivity contribution in [3.8, 4) is 11.4 Å². The highest BCUT2D eigenvalue weighted by Gasteiger charge is 2.11. The third-order valence-electron chi connectivity index (χ3n) is 3.37. The summed E-state index contributed by atoms with van der Waals surface area (Å²) in [6, 6.07) is 6.06. The monoisotopic (exact) mass is 240 g/mol. The van der Waals surface area contributed by atoms with E-state index in [1.54, 1.807) is 0 Å². The van der Waals surface area contributed by atoms with Gasteiger partial charge < -0.3 is 15.7 Å². The Kier molecular flexibility index (Phi) is 2.20. The number of nitrogens with zero attached hydrogens (tertiary/aromatic N) is 1. The second-order valence-corrected chi connectivity index (χ2v) is 4.72. The summed E-state index contributed by atoms with van der Waals surface area (Å²) in [5.41, 5.74) is 12.0. The molecule has 92 valence electrons. The van der Waals surface area contributed by atoms with Gasteiger partial charge in [0.05, 0.1) is 5.69 Å². The van der Waals surface area contributed by atoms with E-state index in [-0.39, 0.29) is 0 Å². The van der Waals surface area contributed by atoms with E-state index >= 15 is 0 Å². The molecular formula is C14H16N4. The van der Waals surface area contributed by atoms with Gasteiger partial charge in [0.15, 0.2) is 0 Å². The summed E-state index contributed by atoms with van der Waals surface area (Å²) in [6.45, 7) is 6.03. The first-order valence-electron chi connectivity index (χ1n) is 5.97. The zero-order valence-corrected chi connectivity index (χ0v) is 10.8. The molecule has 0 amide bonds. The van der Waals surface area contributed by atoms with Crippen LogP contribution in [0.3, 0.4) is 0 Å². The first-order chi connectivity index (χ1) is 8.56. The maximum absolute atomic E-state index is 5.93. The lowest BCUT2D eigenvalue weighted by molar-refractivity contribution is 1.13. The van der Waals surface area contributed by atoms with Gasteiger partial charge in [0.2, 0.25) is 0 Å². The van der Waals surface area contributed by atoms with E-state index in [9.17, 15) is 0 Å². The highest BCUT2D eigenvalue weighted by atomic mass is 14.9. The summed E-state index contributed by atoms with van der Waals surface area (Å²) in [6.07, 6.45) is 0. The highest BCUT2D eigenvalue weighted by Crippen LogP contribution is 2.29. The minimum Gasteiger partial charge on any atom is -0.398 e. The number of anilines is 1. The summed E-state index contributed by atoms with van der Waals surface area (Å²) in [5.74, 6) is 0.928. The number of aromatic amines is 2. The van der Waals surface area contributed by atoms with E-state index in [0.717, 1.165) is 45.1 Å². The molecular weight excluding hydrogens is 224 g/mol. The van der Waals surface area contributed by atoms with Crippen molar-refractivity contribution >= 4 is 16.6 Å². The third kappa shape index (κ3) is 1.49. The number of hydrogen-bond donors (Lipinski definition) is 3. The molecule has 0 unspecified atom stereocenters. The van der Waals surface area contributed by atoms with Gasteiger partial charge in [-0.1, -0.05) is 0 Å². The molecule has 0 radical (unpaired) electrons. The van der Waals surface area contributed by atoms with Crippen LogP contribution in [0.1, 0.15) is 17.1 Å². The van der Waals surface area contributed by atoms with Crippen LogP contribution in [-0.4, -0.2) is 15.0 Å². The van der Waals surface area contributed by atoms with E-state index in [0.29, 0.717) is 0 Å². The van der Waals surface area contributed by atoms with E-state index in [1.807, 2.05) is 32.9 Å². The minimum absolute atomic E-state index is 0.822. The second-order valence-electron chi connectivity index (χ2n) is 4.72. The second kappa shape index (κ2) is 3.63. The van der Waals surface area contributed by atoms with Gasteiger partial charge in [-0.15, -0.1) is 0 Å². The van der Waals surface area contributed by atoms with E-state index in [4.69, 9.17) is 5.73 Å². The Bertz CT molecular complexity index is 734. The van der Waals surface area contributed by atoms with Crippen LogP contribution >= 0.6 is 0 Å². The summed E-state index contributed by atoms with van der Waals surface area (Å²) in [4.78, 5) is 11.1. The maximum Gasteiger partial charge on any atom is 0.108 e. The van der Waals surface area contributed by atoms with Crippen molar-refractivity contribution in [3.05, 3.63) is 35.3 Å². The van der Waals surface area contributed by atoms with Gasteiger partial charge in [0.25, 0.3) is 0 Å². The Morgan fingerprint density at radius 1 is 1.11 bits per heavy atom. The SMILES string of the molecule is Cc1nc(-c2cc3c(C)c(N)ccc3[nH]2)c(C)[nH]1. The summed E-state index contributed by atoms with van der Waals surface area (Å²) in [5, 5.41) is 1.16. The molecule has 2 heterocycles. The lowest BCUT2D eigenvalue weighted by atomic mass is 10.1. The molecule has 0 fully saturated rings. The fraction of sp³-hybridized carbons (Fsp3) is 0.214. The van der Waals surface area contributed by atoms with Gasteiger partial charge in [-0.3, -0.25) is 0 Å². The molecule has 4 N–H and O–H groups in total. The molecule has 4 heteroatoms. The van der Waals surface area contributed by atoms with Crippen molar-refractivity contribution in [2.24, 2.45) is 0 Å². The van der Waals surface area contributed by atoms with Crippen molar-refractivity contribution in [1.29, 1.82) is 0 Å². The Balaban J connectivity index is 2.26. The first-order valence-corrected chi connectivity index (χ1v) is 5.97. The molecule has 1 aromatic carbocycles. The normalized spacial score (nSPS) is 11.3. The van der Waals surface area contributed by atoms with Crippen molar-refractivity contribution in [2.45, 2.75) is 20.8 Å². The number of aromatic nitrogens is 3. The molecule has 4 nitrogen and oxygen atoms in total. The Labute approximate surface area is 105 Å². The number of fused-ring (bicyclic) bond motifs is 1. The summed E-state index contributed by atoms with van der Waals surface area (Å²) >= 11 is 0. The Hall–Kier alpha value is -2.23. The van der Waals surface area contributed by atoms with Crippen LogP contribution in [-0.2, 0) is 0 Å².